The van der Waals surface area contributed by atoms with Crippen molar-refractivity contribution in [3.63, 3.8) is 0 Å². The summed E-state index contributed by atoms with van der Waals surface area (Å²) in [5, 5.41) is 13.9. The van der Waals surface area contributed by atoms with E-state index in [2.05, 4.69) is 10.6 Å². The third-order valence-electron chi connectivity index (χ3n) is 2.94. The largest absolute Gasteiger partial charge is 0.388 e. The Labute approximate surface area is 122 Å². The van der Waals surface area contributed by atoms with Gasteiger partial charge in [-0.1, -0.05) is 23.7 Å². The van der Waals surface area contributed by atoms with E-state index < -0.39 is 5.97 Å². The molecule has 3 nitrogen and oxygen atoms in total. The van der Waals surface area contributed by atoms with Crippen molar-refractivity contribution >= 4 is 28.9 Å². The van der Waals surface area contributed by atoms with Crippen molar-refractivity contribution in [2.45, 2.75) is 6.54 Å². The molecule has 0 saturated heterocycles. The van der Waals surface area contributed by atoms with E-state index in [4.69, 9.17) is 17.0 Å². The lowest BCUT2D eigenvalue weighted by atomic mass is 10.1. The lowest BCUT2D eigenvalue weighted by Crippen LogP contribution is -2.03. The van der Waals surface area contributed by atoms with Gasteiger partial charge in [-0.25, -0.2) is 0 Å². The average Bonchev–Trinajstić information content (AvgIpc) is 2.46. The van der Waals surface area contributed by atoms with Crippen molar-refractivity contribution in [2.24, 2.45) is 0 Å². The molecule has 0 saturated carbocycles. The topological polar surface area (TPSA) is 47.9 Å². The van der Waals surface area contributed by atoms with Gasteiger partial charge in [0.2, 0.25) is 5.97 Å². The first-order valence-electron chi connectivity index (χ1n) is 6.14. The van der Waals surface area contributed by atoms with E-state index in [0.717, 1.165) is 11.3 Å². The standard InChI is InChI=1S/C15H15ClFN3/c1-19-14-7-6-12(8-13(14)15(17)18)20-9-10-2-4-11(16)5-3-10/h2-8,18-20H,9H2,1H3. The molecule has 20 heavy (non-hydrogen) atoms. The molecular weight excluding hydrogens is 277 g/mol. The Morgan fingerprint density at radius 1 is 1.20 bits per heavy atom. The summed E-state index contributed by atoms with van der Waals surface area (Å²) in [4.78, 5) is 0. The summed E-state index contributed by atoms with van der Waals surface area (Å²) in [5.41, 5.74) is 2.67. The van der Waals surface area contributed by atoms with Crippen LogP contribution in [-0.4, -0.2) is 13.0 Å². The molecule has 0 unspecified atom stereocenters. The molecule has 2 rings (SSSR count). The zero-order valence-electron chi connectivity index (χ0n) is 11.0. The third kappa shape index (κ3) is 3.48. The van der Waals surface area contributed by atoms with E-state index in [1.807, 2.05) is 30.3 Å². The summed E-state index contributed by atoms with van der Waals surface area (Å²) in [5.74, 6) is -0.954. The highest BCUT2D eigenvalue weighted by Crippen LogP contribution is 2.22. The van der Waals surface area contributed by atoms with Crippen LogP contribution in [0.15, 0.2) is 42.5 Å². The molecule has 0 heterocycles. The Kier molecular flexibility index (Phi) is 4.58. The molecule has 0 atom stereocenters. The van der Waals surface area contributed by atoms with Crippen LogP contribution in [0.25, 0.3) is 0 Å². The van der Waals surface area contributed by atoms with Gasteiger partial charge in [0.25, 0.3) is 0 Å². The molecule has 0 spiro atoms. The van der Waals surface area contributed by atoms with Crippen molar-refractivity contribution in [3.05, 3.63) is 58.6 Å². The normalized spacial score (nSPS) is 10.2. The van der Waals surface area contributed by atoms with Crippen molar-refractivity contribution in [3.8, 4) is 0 Å². The minimum absolute atomic E-state index is 0.244. The minimum Gasteiger partial charge on any atom is -0.388 e. The number of hydrogen-bond donors (Lipinski definition) is 3. The molecule has 104 valence electrons. The maximum atomic E-state index is 13.2. The van der Waals surface area contributed by atoms with Crippen LogP contribution < -0.4 is 10.6 Å². The van der Waals surface area contributed by atoms with E-state index in [1.54, 1.807) is 19.2 Å². The summed E-state index contributed by atoms with van der Waals surface area (Å²) < 4.78 is 13.2. The maximum absolute atomic E-state index is 13.2. The van der Waals surface area contributed by atoms with Crippen LogP contribution in [0.3, 0.4) is 0 Å². The number of anilines is 2. The Bertz CT molecular complexity index is 611. The van der Waals surface area contributed by atoms with Gasteiger partial charge in [-0.15, -0.1) is 0 Å². The smallest absolute Gasteiger partial charge is 0.214 e. The lowest BCUT2D eigenvalue weighted by Gasteiger charge is -2.11. The average molecular weight is 292 g/mol. The Hall–Kier alpha value is -2.07. The van der Waals surface area contributed by atoms with Crippen LogP contribution in [0.1, 0.15) is 11.1 Å². The number of rotatable bonds is 5. The van der Waals surface area contributed by atoms with Crippen molar-refractivity contribution in [1.82, 2.24) is 0 Å². The quantitative estimate of drug-likeness (QED) is 0.720. The monoisotopic (exact) mass is 291 g/mol. The van der Waals surface area contributed by atoms with Gasteiger partial charge in [0, 0.05) is 30.0 Å². The summed E-state index contributed by atoms with van der Waals surface area (Å²) in [6, 6.07) is 12.7. The zero-order valence-corrected chi connectivity index (χ0v) is 11.8. The fourth-order valence-electron chi connectivity index (χ4n) is 1.86. The van der Waals surface area contributed by atoms with E-state index in [1.165, 1.54) is 0 Å². The number of hydrogen-bond acceptors (Lipinski definition) is 3. The van der Waals surface area contributed by atoms with Crippen molar-refractivity contribution in [2.75, 3.05) is 17.7 Å². The van der Waals surface area contributed by atoms with Gasteiger partial charge in [-0.3, -0.25) is 5.41 Å². The van der Waals surface area contributed by atoms with Crippen LogP contribution >= 0.6 is 11.6 Å². The Morgan fingerprint density at radius 2 is 1.90 bits per heavy atom. The fraction of sp³-hybridized carbons (Fsp3) is 0.133. The van der Waals surface area contributed by atoms with Gasteiger partial charge in [0.05, 0.1) is 5.56 Å². The summed E-state index contributed by atoms with van der Waals surface area (Å²) in [6.07, 6.45) is 0. The Morgan fingerprint density at radius 3 is 2.50 bits per heavy atom. The van der Waals surface area contributed by atoms with Crippen LogP contribution in [-0.2, 0) is 6.54 Å². The van der Waals surface area contributed by atoms with Gasteiger partial charge in [-0.05, 0) is 35.9 Å². The van der Waals surface area contributed by atoms with Crippen molar-refractivity contribution < 1.29 is 4.39 Å². The number of nitrogens with one attached hydrogen (secondary N) is 3. The Balaban J connectivity index is 2.11. The second-order valence-corrected chi connectivity index (χ2v) is 4.74. The van der Waals surface area contributed by atoms with Crippen LogP contribution in [0.5, 0.6) is 0 Å². The molecular formula is C15H15ClFN3. The van der Waals surface area contributed by atoms with Crippen LogP contribution in [0, 0.1) is 5.41 Å². The van der Waals surface area contributed by atoms with E-state index in [9.17, 15) is 4.39 Å². The predicted molar refractivity (Wildman–Crippen MR) is 82.7 cm³/mol. The molecule has 0 aliphatic carbocycles. The molecule has 0 amide bonds. The van der Waals surface area contributed by atoms with E-state index in [-0.39, 0.29) is 5.56 Å². The fourth-order valence-corrected chi connectivity index (χ4v) is 1.99. The highest BCUT2D eigenvalue weighted by molar-refractivity contribution is 6.30. The van der Waals surface area contributed by atoms with Gasteiger partial charge >= 0.3 is 0 Å². The third-order valence-corrected chi connectivity index (χ3v) is 3.19. The minimum atomic E-state index is -0.954. The molecule has 0 radical (unpaired) electrons. The molecule has 0 aliphatic rings. The predicted octanol–water partition coefficient (Wildman–Crippen LogP) is 4.29. The molecule has 5 heteroatoms. The molecule has 0 fully saturated rings. The number of halogens is 2. The van der Waals surface area contributed by atoms with E-state index in [0.29, 0.717) is 17.3 Å². The highest BCUT2D eigenvalue weighted by Gasteiger charge is 2.07. The maximum Gasteiger partial charge on any atom is 0.214 e. The zero-order chi connectivity index (χ0) is 14.5. The van der Waals surface area contributed by atoms with Gasteiger partial charge in [0.1, 0.15) is 0 Å². The van der Waals surface area contributed by atoms with Crippen molar-refractivity contribution in [1.29, 1.82) is 5.41 Å². The number of benzene rings is 2. The first kappa shape index (κ1) is 14.3. The highest BCUT2D eigenvalue weighted by atomic mass is 35.5. The van der Waals surface area contributed by atoms with Gasteiger partial charge in [-0.2, -0.15) is 4.39 Å². The molecule has 0 aromatic heterocycles. The first-order chi connectivity index (χ1) is 9.60. The second kappa shape index (κ2) is 6.39. The lowest BCUT2D eigenvalue weighted by molar-refractivity contribution is 0.798. The van der Waals surface area contributed by atoms with Gasteiger partial charge < -0.3 is 10.6 Å². The molecule has 2 aromatic carbocycles. The molecule has 0 bridgehead atoms. The van der Waals surface area contributed by atoms with Gasteiger partial charge in [0.15, 0.2) is 0 Å². The summed E-state index contributed by atoms with van der Waals surface area (Å²) in [7, 11) is 1.70. The van der Waals surface area contributed by atoms with Crippen LogP contribution in [0.2, 0.25) is 5.02 Å². The summed E-state index contributed by atoms with van der Waals surface area (Å²) >= 11 is 5.83. The van der Waals surface area contributed by atoms with Crippen LogP contribution in [0.4, 0.5) is 15.8 Å². The second-order valence-electron chi connectivity index (χ2n) is 4.30. The summed E-state index contributed by atoms with van der Waals surface area (Å²) in [6.45, 7) is 0.606. The first-order valence-corrected chi connectivity index (χ1v) is 6.52. The van der Waals surface area contributed by atoms with E-state index >= 15 is 0 Å². The molecule has 3 N–H and O–H groups in total. The SMILES string of the molecule is CNc1ccc(NCc2ccc(Cl)cc2)cc1C(=N)F. The molecule has 2 aromatic rings. The molecule has 0 aliphatic heterocycles.